The maximum absolute atomic E-state index is 14.0. The van der Waals surface area contributed by atoms with Crippen molar-refractivity contribution in [2.24, 2.45) is 5.73 Å². The van der Waals surface area contributed by atoms with Crippen molar-refractivity contribution in [1.29, 1.82) is 0 Å². The summed E-state index contributed by atoms with van der Waals surface area (Å²) in [4.78, 5) is 40.7. The zero-order valence-corrected chi connectivity index (χ0v) is 20.9. The topological polar surface area (TPSA) is 170 Å². The molecule has 4 rings (SSSR count). The van der Waals surface area contributed by atoms with Crippen LogP contribution in [0.5, 0.6) is 11.5 Å². The van der Waals surface area contributed by atoms with Crippen LogP contribution >= 0.6 is 11.5 Å². The predicted molar refractivity (Wildman–Crippen MR) is 138 cm³/mol. The smallest absolute Gasteiger partial charge is 0.273 e. The lowest BCUT2D eigenvalue weighted by Gasteiger charge is -2.31. The lowest BCUT2D eigenvalue weighted by Crippen LogP contribution is -2.45. The number of hydrogen-bond donors (Lipinski definition) is 4. The molecule has 1 aliphatic rings. The molecule has 1 aliphatic heterocycles. The van der Waals surface area contributed by atoms with Crippen LogP contribution in [0.15, 0.2) is 48.5 Å². The molecule has 0 radical (unpaired) electrons. The number of aromatic nitrogens is 1. The Hall–Kier alpha value is -4.16. The molecule has 37 heavy (non-hydrogen) atoms. The minimum atomic E-state index is -1.18. The minimum absolute atomic E-state index is 0.000628. The molecule has 3 amide bonds. The summed E-state index contributed by atoms with van der Waals surface area (Å²) < 4.78 is 14.9. The SMILES string of the molecule is COc1cccc(N(C(=O)c2snc(C(N)=O)c2N)[C@@H](C(=O)NC[C@H]2CCCO2)c2ccc(O)cc2)c1. The van der Waals surface area contributed by atoms with Gasteiger partial charge in [-0.05, 0) is 54.2 Å². The molecule has 2 atom stereocenters. The molecule has 11 nitrogen and oxygen atoms in total. The summed E-state index contributed by atoms with van der Waals surface area (Å²) in [5.41, 5.74) is 11.8. The molecule has 194 valence electrons. The number of nitrogens with two attached hydrogens (primary N) is 2. The van der Waals surface area contributed by atoms with Crippen molar-refractivity contribution in [3.05, 3.63) is 64.7 Å². The molecule has 1 aromatic heterocycles. The molecule has 2 aromatic carbocycles. The number of nitrogen functional groups attached to an aromatic ring is 1. The van der Waals surface area contributed by atoms with Crippen molar-refractivity contribution >= 4 is 40.6 Å². The van der Waals surface area contributed by atoms with Gasteiger partial charge in [-0.25, -0.2) is 0 Å². The highest BCUT2D eigenvalue weighted by Gasteiger charge is 2.36. The van der Waals surface area contributed by atoms with Crippen molar-refractivity contribution in [1.82, 2.24) is 9.69 Å². The number of benzene rings is 2. The maximum atomic E-state index is 14.0. The maximum Gasteiger partial charge on any atom is 0.273 e. The van der Waals surface area contributed by atoms with Crippen molar-refractivity contribution in [2.75, 3.05) is 30.9 Å². The third-order valence-corrected chi connectivity index (χ3v) is 6.80. The number of phenols is 1. The Labute approximate surface area is 217 Å². The van der Waals surface area contributed by atoms with Gasteiger partial charge in [-0.3, -0.25) is 19.3 Å². The summed E-state index contributed by atoms with van der Waals surface area (Å²) in [6.45, 7) is 0.894. The number of rotatable bonds is 9. The lowest BCUT2D eigenvalue weighted by molar-refractivity contribution is -0.123. The van der Waals surface area contributed by atoms with Gasteiger partial charge >= 0.3 is 0 Å². The van der Waals surface area contributed by atoms with Gasteiger partial charge in [0.15, 0.2) is 5.69 Å². The Morgan fingerprint density at radius 3 is 2.65 bits per heavy atom. The Kier molecular flexibility index (Phi) is 7.89. The summed E-state index contributed by atoms with van der Waals surface area (Å²) in [6.07, 6.45) is 1.60. The average molecular weight is 526 g/mol. The lowest BCUT2D eigenvalue weighted by atomic mass is 10.0. The third kappa shape index (κ3) is 5.65. The van der Waals surface area contributed by atoms with E-state index < -0.39 is 23.8 Å². The van der Waals surface area contributed by atoms with Gasteiger partial charge in [-0.2, -0.15) is 4.37 Å². The van der Waals surface area contributed by atoms with Gasteiger partial charge in [-0.1, -0.05) is 18.2 Å². The number of anilines is 2. The van der Waals surface area contributed by atoms with Crippen molar-refractivity contribution in [2.45, 2.75) is 25.0 Å². The highest BCUT2D eigenvalue weighted by Crippen LogP contribution is 2.35. The highest BCUT2D eigenvalue weighted by atomic mass is 32.1. The summed E-state index contributed by atoms with van der Waals surface area (Å²) in [5, 5.41) is 12.7. The monoisotopic (exact) mass is 525 g/mol. The number of nitrogens with zero attached hydrogens (tertiary/aromatic N) is 2. The number of aromatic hydroxyl groups is 1. The van der Waals surface area contributed by atoms with E-state index >= 15 is 0 Å². The number of nitrogens with one attached hydrogen (secondary N) is 1. The van der Waals surface area contributed by atoms with Crippen LogP contribution in [-0.4, -0.2) is 53.6 Å². The van der Waals surface area contributed by atoms with Crippen LogP contribution in [0.3, 0.4) is 0 Å². The van der Waals surface area contributed by atoms with Gasteiger partial charge in [0.25, 0.3) is 11.8 Å². The van der Waals surface area contributed by atoms with Gasteiger partial charge in [0.2, 0.25) is 5.91 Å². The molecule has 0 unspecified atom stereocenters. The molecule has 0 bridgehead atoms. The second kappa shape index (κ2) is 11.3. The van der Waals surface area contributed by atoms with Gasteiger partial charge in [0, 0.05) is 24.9 Å². The first-order chi connectivity index (χ1) is 17.8. The largest absolute Gasteiger partial charge is 0.508 e. The molecule has 12 heteroatoms. The van der Waals surface area contributed by atoms with E-state index in [0.29, 0.717) is 35.1 Å². The predicted octanol–water partition coefficient (Wildman–Crippen LogP) is 2.22. The van der Waals surface area contributed by atoms with E-state index in [1.54, 1.807) is 36.4 Å². The van der Waals surface area contributed by atoms with E-state index in [2.05, 4.69) is 9.69 Å². The normalized spacial score (nSPS) is 15.6. The average Bonchev–Trinajstić information content (AvgIpc) is 3.56. The first-order valence-corrected chi connectivity index (χ1v) is 12.3. The zero-order chi connectivity index (χ0) is 26.5. The fourth-order valence-corrected chi connectivity index (χ4v) is 4.82. The van der Waals surface area contributed by atoms with Crippen LogP contribution in [-0.2, 0) is 9.53 Å². The van der Waals surface area contributed by atoms with Crippen molar-refractivity contribution < 1.29 is 29.0 Å². The Bertz CT molecular complexity index is 1290. The number of ether oxygens (including phenoxy) is 2. The summed E-state index contributed by atoms with van der Waals surface area (Å²) in [6, 6.07) is 11.4. The second-order valence-corrected chi connectivity index (χ2v) is 9.16. The van der Waals surface area contributed by atoms with Crippen LogP contribution < -0.4 is 26.4 Å². The molecule has 6 N–H and O–H groups in total. The number of phenolic OH excluding ortho intramolecular Hbond substituents is 1. The third-order valence-electron chi connectivity index (χ3n) is 5.95. The van der Waals surface area contributed by atoms with E-state index in [4.69, 9.17) is 20.9 Å². The van der Waals surface area contributed by atoms with Gasteiger partial charge in [0.1, 0.15) is 22.4 Å². The number of carbonyl (C=O) groups excluding carboxylic acids is 3. The Balaban J connectivity index is 1.82. The quantitative estimate of drug-likeness (QED) is 0.329. The first-order valence-electron chi connectivity index (χ1n) is 11.5. The van der Waals surface area contributed by atoms with Crippen LogP contribution in [0, 0.1) is 0 Å². The Morgan fingerprint density at radius 2 is 2.03 bits per heavy atom. The van der Waals surface area contributed by atoms with E-state index in [1.165, 1.54) is 24.1 Å². The molecule has 3 aromatic rings. The molecule has 1 fully saturated rings. The second-order valence-electron chi connectivity index (χ2n) is 8.39. The number of carbonyl (C=O) groups is 3. The van der Waals surface area contributed by atoms with Gasteiger partial charge in [0.05, 0.1) is 18.9 Å². The zero-order valence-electron chi connectivity index (χ0n) is 20.0. The fraction of sp³-hybridized carbons (Fsp3) is 0.280. The standard InChI is InChI=1S/C25H27N5O6S/c1-35-17-5-2-4-15(12-17)30(25(34)22-19(26)20(23(27)32)29-37-22)21(14-7-9-16(31)10-8-14)24(33)28-13-18-6-3-11-36-18/h2,4-5,7-10,12,18,21,31H,3,6,11,13,26H2,1H3,(H2,27,32)(H,28,33)/t18-,21-/m1/s1. The van der Waals surface area contributed by atoms with Crippen LogP contribution in [0.2, 0.25) is 0 Å². The van der Waals surface area contributed by atoms with Crippen molar-refractivity contribution in [3.8, 4) is 11.5 Å². The number of primary amides is 1. The number of amides is 3. The van der Waals surface area contributed by atoms with E-state index in [1.807, 2.05) is 0 Å². The first kappa shape index (κ1) is 25.9. The molecular weight excluding hydrogens is 498 g/mol. The summed E-state index contributed by atoms with van der Waals surface area (Å²) in [5.74, 6) is -1.56. The minimum Gasteiger partial charge on any atom is -0.508 e. The molecule has 1 saturated heterocycles. The fourth-order valence-electron chi connectivity index (χ4n) is 4.07. The molecule has 0 aliphatic carbocycles. The molecule has 0 spiro atoms. The van der Waals surface area contributed by atoms with E-state index in [0.717, 1.165) is 12.8 Å². The van der Waals surface area contributed by atoms with Crippen LogP contribution in [0.1, 0.15) is 44.6 Å². The van der Waals surface area contributed by atoms with Gasteiger partial charge in [-0.15, -0.1) is 0 Å². The van der Waals surface area contributed by atoms with Gasteiger partial charge < -0.3 is 31.4 Å². The Morgan fingerprint density at radius 1 is 1.27 bits per heavy atom. The van der Waals surface area contributed by atoms with Crippen LogP contribution in [0.25, 0.3) is 0 Å². The molecule has 2 heterocycles. The number of hydrogen-bond acceptors (Lipinski definition) is 9. The van der Waals surface area contributed by atoms with E-state index in [9.17, 15) is 19.5 Å². The number of methoxy groups -OCH3 is 1. The summed E-state index contributed by atoms with van der Waals surface area (Å²) >= 11 is 0.716. The van der Waals surface area contributed by atoms with E-state index in [-0.39, 0.29) is 34.7 Å². The van der Waals surface area contributed by atoms with Crippen LogP contribution in [0.4, 0.5) is 11.4 Å². The highest BCUT2D eigenvalue weighted by molar-refractivity contribution is 7.09. The molecule has 0 saturated carbocycles. The molecular formula is C25H27N5O6S. The summed E-state index contributed by atoms with van der Waals surface area (Å²) in [7, 11) is 1.48. The van der Waals surface area contributed by atoms with Crippen molar-refractivity contribution in [3.63, 3.8) is 0 Å².